The molecule has 1 saturated heterocycles. The van der Waals surface area contributed by atoms with E-state index in [1.165, 1.54) is 0 Å². The molecule has 2 rings (SSSR count). The number of nitrogens with one attached hydrogen (secondary N) is 1. The standard InChI is InChI=1S/C12H16ClNO3S/c13-11-2-1-3-12(15)10(11)7-14-6-9-4-5-18(16,17)8-9/h1-3,9,14-15H,4-8H2. The van der Waals surface area contributed by atoms with Crippen LogP contribution in [-0.4, -0.2) is 31.6 Å². The monoisotopic (exact) mass is 289 g/mol. The molecule has 0 aromatic heterocycles. The minimum absolute atomic E-state index is 0.161. The molecule has 0 aliphatic carbocycles. The summed E-state index contributed by atoms with van der Waals surface area (Å²) in [5.74, 6) is 0.874. The van der Waals surface area contributed by atoms with Crippen molar-refractivity contribution in [2.75, 3.05) is 18.1 Å². The third kappa shape index (κ3) is 3.37. The Kier molecular flexibility index (Phi) is 4.14. The lowest BCUT2D eigenvalue weighted by Gasteiger charge is -2.11. The Morgan fingerprint density at radius 1 is 1.44 bits per heavy atom. The zero-order chi connectivity index (χ0) is 13.2. The molecule has 1 fully saturated rings. The Morgan fingerprint density at radius 2 is 2.22 bits per heavy atom. The molecule has 0 saturated carbocycles. The Morgan fingerprint density at radius 3 is 2.83 bits per heavy atom. The van der Waals surface area contributed by atoms with E-state index in [1.54, 1.807) is 18.2 Å². The molecule has 0 amide bonds. The topological polar surface area (TPSA) is 66.4 Å². The van der Waals surface area contributed by atoms with Gasteiger partial charge in [-0.3, -0.25) is 0 Å². The van der Waals surface area contributed by atoms with Crippen molar-refractivity contribution in [3.8, 4) is 5.75 Å². The zero-order valence-electron chi connectivity index (χ0n) is 9.89. The second-order valence-electron chi connectivity index (χ2n) is 4.64. The molecule has 1 aromatic carbocycles. The summed E-state index contributed by atoms with van der Waals surface area (Å²) in [6.45, 7) is 1.08. The Hall–Kier alpha value is -0.780. The molecular weight excluding hydrogens is 274 g/mol. The van der Waals surface area contributed by atoms with Crippen LogP contribution in [0.25, 0.3) is 0 Å². The average molecular weight is 290 g/mol. The van der Waals surface area contributed by atoms with Crippen molar-refractivity contribution in [2.45, 2.75) is 13.0 Å². The van der Waals surface area contributed by atoms with Gasteiger partial charge in [-0.1, -0.05) is 17.7 Å². The quantitative estimate of drug-likeness (QED) is 0.883. The summed E-state index contributed by atoms with van der Waals surface area (Å²) in [7, 11) is -2.82. The first-order chi connectivity index (χ1) is 8.48. The Bertz CT molecular complexity index is 510. The summed E-state index contributed by atoms with van der Waals surface area (Å²) in [5, 5.41) is 13.3. The molecule has 0 radical (unpaired) electrons. The molecule has 1 aliphatic rings. The molecule has 1 aliphatic heterocycles. The molecule has 18 heavy (non-hydrogen) atoms. The number of phenolic OH excluding ortho intramolecular Hbond substituents is 1. The molecular formula is C12H16ClNO3S. The number of phenols is 1. The van der Waals surface area contributed by atoms with Crippen LogP contribution >= 0.6 is 11.6 Å². The fourth-order valence-electron chi connectivity index (χ4n) is 2.16. The van der Waals surface area contributed by atoms with Gasteiger partial charge in [-0.2, -0.15) is 0 Å². The second-order valence-corrected chi connectivity index (χ2v) is 7.27. The highest BCUT2D eigenvalue weighted by Gasteiger charge is 2.27. The molecule has 0 bridgehead atoms. The number of hydrogen-bond acceptors (Lipinski definition) is 4. The van der Waals surface area contributed by atoms with Crippen molar-refractivity contribution in [3.05, 3.63) is 28.8 Å². The van der Waals surface area contributed by atoms with Crippen LogP contribution in [0.5, 0.6) is 5.75 Å². The number of hydrogen-bond donors (Lipinski definition) is 2. The van der Waals surface area contributed by atoms with E-state index in [-0.39, 0.29) is 23.2 Å². The van der Waals surface area contributed by atoms with E-state index >= 15 is 0 Å². The van der Waals surface area contributed by atoms with E-state index in [2.05, 4.69) is 5.32 Å². The van der Waals surface area contributed by atoms with Crippen LogP contribution in [0, 0.1) is 5.92 Å². The molecule has 2 N–H and O–H groups in total. The van der Waals surface area contributed by atoms with Gasteiger partial charge >= 0.3 is 0 Å². The maximum absolute atomic E-state index is 11.3. The molecule has 0 spiro atoms. The lowest BCUT2D eigenvalue weighted by atomic mass is 10.1. The van der Waals surface area contributed by atoms with Crippen LogP contribution in [0.15, 0.2) is 18.2 Å². The molecule has 1 heterocycles. The highest BCUT2D eigenvalue weighted by atomic mass is 35.5. The van der Waals surface area contributed by atoms with Crippen molar-refractivity contribution in [2.24, 2.45) is 5.92 Å². The largest absolute Gasteiger partial charge is 0.508 e. The number of sulfone groups is 1. The van der Waals surface area contributed by atoms with E-state index < -0.39 is 9.84 Å². The molecule has 1 atom stereocenters. The summed E-state index contributed by atoms with van der Waals surface area (Å²) in [5.41, 5.74) is 0.653. The summed E-state index contributed by atoms with van der Waals surface area (Å²) in [6.07, 6.45) is 0.712. The van der Waals surface area contributed by atoms with Gasteiger partial charge in [-0.15, -0.1) is 0 Å². The molecule has 1 aromatic rings. The van der Waals surface area contributed by atoms with Gasteiger partial charge in [-0.25, -0.2) is 8.42 Å². The number of benzene rings is 1. The van der Waals surface area contributed by atoms with Crippen LogP contribution in [0.3, 0.4) is 0 Å². The summed E-state index contributed by atoms with van der Waals surface area (Å²) in [6, 6.07) is 4.99. The molecule has 1 unspecified atom stereocenters. The van der Waals surface area contributed by atoms with Gasteiger partial charge in [0.2, 0.25) is 0 Å². The van der Waals surface area contributed by atoms with Crippen LogP contribution in [0.1, 0.15) is 12.0 Å². The Labute approximate surface area is 112 Å². The maximum atomic E-state index is 11.3. The number of aromatic hydroxyl groups is 1. The smallest absolute Gasteiger partial charge is 0.150 e. The number of rotatable bonds is 4. The molecule has 100 valence electrons. The van der Waals surface area contributed by atoms with Crippen LogP contribution in [-0.2, 0) is 16.4 Å². The van der Waals surface area contributed by atoms with Gasteiger partial charge < -0.3 is 10.4 Å². The van der Waals surface area contributed by atoms with Crippen molar-refractivity contribution in [1.82, 2.24) is 5.32 Å². The van der Waals surface area contributed by atoms with Crippen molar-refractivity contribution < 1.29 is 13.5 Å². The lowest BCUT2D eigenvalue weighted by Crippen LogP contribution is -2.23. The minimum atomic E-state index is -2.82. The van der Waals surface area contributed by atoms with Crippen LogP contribution in [0.2, 0.25) is 5.02 Å². The zero-order valence-corrected chi connectivity index (χ0v) is 11.5. The highest BCUT2D eigenvalue weighted by Crippen LogP contribution is 2.25. The molecule has 6 heteroatoms. The van der Waals surface area contributed by atoms with E-state index in [4.69, 9.17) is 11.6 Å². The number of halogens is 1. The fourth-order valence-corrected chi connectivity index (χ4v) is 4.25. The van der Waals surface area contributed by atoms with Crippen LogP contribution in [0.4, 0.5) is 0 Å². The van der Waals surface area contributed by atoms with Gasteiger partial charge in [0.05, 0.1) is 11.5 Å². The van der Waals surface area contributed by atoms with Gasteiger partial charge in [-0.05, 0) is 31.0 Å². The first kappa shape index (κ1) is 13.6. The van der Waals surface area contributed by atoms with Crippen molar-refractivity contribution >= 4 is 21.4 Å². The Balaban J connectivity index is 1.86. The first-order valence-electron chi connectivity index (χ1n) is 5.85. The van der Waals surface area contributed by atoms with Gasteiger partial charge in [0.1, 0.15) is 5.75 Å². The maximum Gasteiger partial charge on any atom is 0.150 e. The van der Waals surface area contributed by atoms with Gasteiger partial charge in [0.15, 0.2) is 9.84 Å². The van der Waals surface area contributed by atoms with Crippen molar-refractivity contribution in [1.29, 1.82) is 0 Å². The average Bonchev–Trinajstić information content (AvgIpc) is 2.63. The lowest BCUT2D eigenvalue weighted by molar-refractivity contribution is 0.459. The third-order valence-corrected chi connectivity index (χ3v) is 5.35. The normalized spacial score (nSPS) is 22.2. The van der Waals surface area contributed by atoms with E-state index in [0.29, 0.717) is 30.1 Å². The SMILES string of the molecule is O=S1(=O)CCC(CNCc2c(O)cccc2Cl)C1. The summed E-state index contributed by atoms with van der Waals surface area (Å²) in [4.78, 5) is 0. The highest BCUT2D eigenvalue weighted by molar-refractivity contribution is 7.91. The predicted molar refractivity (Wildman–Crippen MR) is 71.6 cm³/mol. The summed E-state index contributed by atoms with van der Waals surface area (Å²) < 4.78 is 22.6. The first-order valence-corrected chi connectivity index (χ1v) is 8.05. The predicted octanol–water partition coefficient (Wildman–Crippen LogP) is 1.57. The van der Waals surface area contributed by atoms with E-state index in [9.17, 15) is 13.5 Å². The third-order valence-electron chi connectivity index (χ3n) is 3.16. The van der Waals surface area contributed by atoms with E-state index in [1.807, 2.05) is 0 Å². The van der Waals surface area contributed by atoms with E-state index in [0.717, 1.165) is 0 Å². The minimum Gasteiger partial charge on any atom is -0.508 e. The molecule has 4 nitrogen and oxygen atoms in total. The van der Waals surface area contributed by atoms with Gasteiger partial charge in [0, 0.05) is 17.1 Å². The van der Waals surface area contributed by atoms with Crippen molar-refractivity contribution in [3.63, 3.8) is 0 Å². The second kappa shape index (κ2) is 5.47. The van der Waals surface area contributed by atoms with Gasteiger partial charge in [0.25, 0.3) is 0 Å². The summed E-state index contributed by atoms with van der Waals surface area (Å²) >= 11 is 5.97. The van der Waals surface area contributed by atoms with Crippen LogP contribution < -0.4 is 5.32 Å². The fraction of sp³-hybridized carbons (Fsp3) is 0.500.